The van der Waals surface area contributed by atoms with Gasteiger partial charge in [-0.2, -0.15) is 0 Å². The summed E-state index contributed by atoms with van der Waals surface area (Å²) in [6.07, 6.45) is 3.44. The Labute approximate surface area is 130 Å². The van der Waals surface area contributed by atoms with Gasteiger partial charge in [-0.1, -0.05) is 13.8 Å². The fourth-order valence-electron chi connectivity index (χ4n) is 2.26. The van der Waals surface area contributed by atoms with Crippen LogP contribution in [0.25, 0.3) is 0 Å². The van der Waals surface area contributed by atoms with Crippen LogP contribution in [0.5, 0.6) is 0 Å². The summed E-state index contributed by atoms with van der Waals surface area (Å²) < 4.78 is 5.11. The molecule has 0 saturated carbocycles. The number of nitrogens with zero attached hydrogens (tertiary/aromatic N) is 2. The Hall–Kier alpha value is -0.650. The summed E-state index contributed by atoms with van der Waals surface area (Å²) in [6, 6.07) is 0. The number of hydrogen-bond acceptors (Lipinski definition) is 4. The van der Waals surface area contributed by atoms with Crippen LogP contribution in [0, 0.1) is 5.41 Å². The van der Waals surface area contributed by atoms with E-state index in [1.165, 1.54) is 0 Å². The van der Waals surface area contributed by atoms with E-state index in [1.807, 2.05) is 4.90 Å². The Bertz CT molecular complexity index is 281. The third-order valence-corrected chi connectivity index (χ3v) is 3.79. The fourth-order valence-corrected chi connectivity index (χ4v) is 2.26. The lowest BCUT2D eigenvalue weighted by Gasteiger charge is -2.27. The van der Waals surface area contributed by atoms with E-state index < -0.39 is 0 Å². The smallest absolute Gasteiger partial charge is 0.222 e. The molecule has 0 heterocycles. The highest BCUT2D eigenvalue weighted by atomic mass is 16.5. The fraction of sp³-hybridized carbons (Fsp3) is 0.938. The van der Waals surface area contributed by atoms with Crippen molar-refractivity contribution in [1.29, 1.82) is 0 Å². The minimum atomic E-state index is 0.140. The molecule has 0 unspecified atom stereocenters. The van der Waals surface area contributed by atoms with Crippen LogP contribution in [-0.2, 0) is 9.53 Å². The van der Waals surface area contributed by atoms with Gasteiger partial charge in [-0.15, -0.1) is 0 Å². The molecule has 0 aromatic rings. The van der Waals surface area contributed by atoms with E-state index >= 15 is 0 Å². The van der Waals surface area contributed by atoms with Crippen molar-refractivity contribution in [3.63, 3.8) is 0 Å². The van der Waals surface area contributed by atoms with E-state index in [1.54, 1.807) is 7.11 Å². The van der Waals surface area contributed by atoms with Crippen molar-refractivity contribution in [1.82, 2.24) is 9.80 Å². The van der Waals surface area contributed by atoms with Gasteiger partial charge in [0.2, 0.25) is 5.91 Å². The minimum Gasteiger partial charge on any atom is -0.383 e. The first-order chi connectivity index (χ1) is 9.82. The Morgan fingerprint density at radius 1 is 1.14 bits per heavy atom. The number of methoxy groups -OCH3 is 1. The van der Waals surface area contributed by atoms with E-state index in [0.717, 1.165) is 32.4 Å². The normalized spacial score (nSPS) is 12.0. The summed E-state index contributed by atoms with van der Waals surface area (Å²) in [5.41, 5.74) is 5.76. The van der Waals surface area contributed by atoms with Crippen LogP contribution in [0.2, 0.25) is 0 Å². The summed E-state index contributed by atoms with van der Waals surface area (Å²) >= 11 is 0. The second-order valence-electron chi connectivity index (χ2n) is 6.73. The lowest BCUT2D eigenvalue weighted by atomic mass is 9.84. The number of ether oxygens (including phenoxy) is 1. The Morgan fingerprint density at radius 3 is 2.33 bits per heavy atom. The van der Waals surface area contributed by atoms with Crippen molar-refractivity contribution < 1.29 is 9.53 Å². The van der Waals surface area contributed by atoms with Crippen molar-refractivity contribution in [2.45, 2.75) is 39.5 Å². The average molecular weight is 301 g/mol. The number of nitrogens with two attached hydrogens (primary N) is 1. The second-order valence-corrected chi connectivity index (χ2v) is 6.73. The zero-order valence-electron chi connectivity index (χ0n) is 14.7. The third-order valence-electron chi connectivity index (χ3n) is 3.79. The standard InChI is InChI=1S/C16H35N3O2/c1-16(2,9-10-17)8-7-15(20)19(13-14-21-5)12-6-11-18(3)4/h6-14,17H2,1-5H3. The maximum atomic E-state index is 12.4. The van der Waals surface area contributed by atoms with E-state index in [0.29, 0.717) is 26.1 Å². The molecule has 0 radical (unpaired) electrons. The van der Waals surface area contributed by atoms with E-state index in [9.17, 15) is 4.79 Å². The van der Waals surface area contributed by atoms with Gasteiger partial charge in [0, 0.05) is 26.6 Å². The number of carbonyl (C=O) groups excluding carboxylic acids is 1. The molecule has 0 aliphatic carbocycles. The lowest BCUT2D eigenvalue weighted by molar-refractivity contribution is -0.132. The van der Waals surface area contributed by atoms with Crippen LogP contribution in [-0.4, -0.2) is 69.7 Å². The number of amides is 1. The highest BCUT2D eigenvalue weighted by Gasteiger charge is 2.20. The quantitative estimate of drug-likeness (QED) is 0.594. The van der Waals surface area contributed by atoms with Crippen molar-refractivity contribution in [3.05, 3.63) is 0 Å². The number of hydrogen-bond donors (Lipinski definition) is 1. The second kappa shape index (κ2) is 11.0. The molecule has 0 bridgehead atoms. The Morgan fingerprint density at radius 2 is 1.81 bits per heavy atom. The molecular weight excluding hydrogens is 266 g/mol. The first-order valence-corrected chi connectivity index (χ1v) is 7.94. The summed E-state index contributed by atoms with van der Waals surface area (Å²) in [7, 11) is 5.78. The SMILES string of the molecule is COCCN(CCCN(C)C)C(=O)CCC(C)(C)CCN. The Kier molecular flexibility index (Phi) is 10.6. The predicted molar refractivity (Wildman–Crippen MR) is 88.3 cm³/mol. The van der Waals surface area contributed by atoms with Crippen LogP contribution in [0.15, 0.2) is 0 Å². The zero-order chi connectivity index (χ0) is 16.3. The van der Waals surface area contributed by atoms with Crippen molar-refractivity contribution in [3.8, 4) is 0 Å². The minimum absolute atomic E-state index is 0.140. The van der Waals surface area contributed by atoms with Crippen LogP contribution < -0.4 is 5.73 Å². The summed E-state index contributed by atoms with van der Waals surface area (Å²) in [4.78, 5) is 16.5. The van der Waals surface area contributed by atoms with Crippen LogP contribution >= 0.6 is 0 Å². The van der Waals surface area contributed by atoms with Gasteiger partial charge >= 0.3 is 0 Å². The molecule has 0 aliphatic rings. The van der Waals surface area contributed by atoms with Crippen molar-refractivity contribution >= 4 is 5.91 Å². The topological polar surface area (TPSA) is 58.8 Å². The van der Waals surface area contributed by atoms with Gasteiger partial charge < -0.3 is 20.3 Å². The monoisotopic (exact) mass is 301 g/mol. The van der Waals surface area contributed by atoms with E-state index in [4.69, 9.17) is 10.5 Å². The first kappa shape index (κ1) is 20.3. The Balaban J connectivity index is 4.29. The van der Waals surface area contributed by atoms with Crippen molar-refractivity contribution in [2.75, 3.05) is 54.0 Å². The molecule has 5 nitrogen and oxygen atoms in total. The van der Waals surface area contributed by atoms with E-state index in [-0.39, 0.29) is 11.3 Å². The molecule has 0 fully saturated rings. The summed E-state index contributed by atoms with van der Waals surface area (Å²) in [5, 5.41) is 0. The van der Waals surface area contributed by atoms with Gasteiger partial charge in [0.25, 0.3) is 0 Å². The van der Waals surface area contributed by atoms with Gasteiger partial charge in [0.15, 0.2) is 0 Å². The molecule has 126 valence electrons. The summed E-state index contributed by atoms with van der Waals surface area (Å²) in [6.45, 7) is 8.11. The molecule has 1 amide bonds. The maximum Gasteiger partial charge on any atom is 0.222 e. The zero-order valence-corrected chi connectivity index (χ0v) is 14.7. The molecule has 0 aromatic carbocycles. The number of carbonyl (C=O) groups is 1. The molecule has 0 saturated heterocycles. The largest absolute Gasteiger partial charge is 0.383 e. The highest BCUT2D eigenvalue weighted by molar-refractivity contribution is 5.76. The van der Waals surface area contributed by atoms with Gasteiger partial charge in [-0.25, -0.2) is 0 Å². The van der Waals surface area contributed by atoms with Crippen LogP contribution in [0.1, 0.15) is 39.5 Å². The lowest BCUT2D eigenvalue weighted by Crippen LogP contribution is -2.36. The molecule has 21 heavy (non-hydrogen) atoms. The van der Waals surface area contributed by atoms with E-state index in [2.05, 4.69) is 32.8 Å². The molecule has 0 spiro atoms. The molecule has 0 aromatic heterocycles. The predicted octanol–water partition coefficient (Wildman–Crippen LogP) is 1.57. The molecule has 0 aliphatic heterocycles. The molecule has 0 atom stereocenters. The highest BCUT2D eigenvalue weighted by Crippen LogP contribution is 2.26. The maximum absolute atomic E-state index is 12.4. The third kappa shape index (κ3) is 10.7. The molecule has 0 rings (SSSR count). The van der Waals surface area contributed by atoms with Crippen LogP contribution in [0.3, 0.4) is 0 Å². The van der Waals surface area contributed by atoms with Gasteiger partial charge in [-0.3, -0.25) is 4.79 Å². The molecular formula is C16H35N3O2. The van der Waals surface area contributed by atoms with Gasteiger partial charge in [-0.05, 0) is 51.9 Å². The average Bonchev–Trinajstić information content (AvgIpc) is 2.39. The van der Waals surface area contributed by atoms with Crippen LogP contribution in [0.4, 0.5) is 0 Å². The molecule has 5 heteroatoms. The number of rotatable bonds is 12. The molecule has 2 N–H and O–H groups in total. The first-order valence-electron chi connectivity index (χ1n) is 7.94. The van der Waals surface area contributed by atoms with Gasteiger partial charge in [0.05, 0.1) is 6.61 Å². The van der Waals surface area contributed by atoms with Crippen molar-refractivity contribution in [2.24, 2.45) is 11.1 Å². The van der Waals surface area contributed by atoms with Gasteiger partial charge in [0.1, 0.15) is 0 Å². The summed E-state index contributed by atoms with van der Waals surface area (Å²) in [5.74, 6) is 0.232.